The number of carbonyl (C=O) groups is 2. The molecule has 0 spiro atoms. The van der Waals surface area contributed by atoms with Crippen molar-refractivity contribution in [3.8, 4) is 0 Å². The van der Waals surface area contributed by atoms with E-state index in [4.69, 9.17) is 0 Å². The van der Waals surface area contributed by atoms with Crippen LogP contribution in [0.25, 0.3) is 0 Å². The number of fused-ring (bicyclic) bond motifs is 1. The lowest BCUT2D eigenvalue weighted by Gasteiger charge is -2.13. The van der Waals surface area contributed by atoms with Crippen LogP contribution in [0.2, 0.25) is 0 Å². The van der Waals surface area contributed by atoms with Crippen LogP contribution in [0, 0.1) is 3.57 Å². The molecule has 96 valence electrons. The fourth-order valence-electron chi connectivity index (χ4n) is 2.11. The molecule has 2 amide bonds. The molecule has 1 aliphatic rings. The Bertz CT molecular complexity index is 630. The largest absolute Gasteiger partial charge is 0.272 e. The van der Waals surface area contributed by atoms with Gasteiger partial charge in [0.05, 0.1) is 27.4 Å². The van der Waals surface area contributed by atoms with Crippen molar-refractivity contribution >= 4 is 34.4 Å². The molecule has 0 N–H and O–H groups in total. The summed E-state index contributed by atoms with van der Waals surface area (Å²) >= 11 is 2.17. The number of hydrogen-bond acceptors (Lipinski definition) is 3. The number of nitrogens with zero attached hydrogens (tertiary/aromatic N) is 3. The average Bonchev–Trinajstić information content (AvgIpc) is 2.93. The lowest BCUT2D eigenvalue weighted by molar-refractivity contribution is 0.0647. The molecule has 0 radical (unpaired) electrons. The molecule has 6 heteroatoms. The molecule has 0 atom stereocenters. The number of amides is 2. The Morgan fingerprint density at radius 3 is 2.21 bits per heavy atom. The topological polar surface area (TPSA) is 55.2 Å². The van der Waals surface area contributed by atoms with E-state index in [1.165, 1.54) is 4.90 Å². The predicted molar refractivity (Wildman–Crippen MR) is 76.8 cm³/mol. The van der Waals surface area contributed by atoms with E-state index < -0.39 is 0 Å². The van der Waals surface area contributed by atoms with Gasteiger partial charge in [0.1, 0.15) is 0 Å². The molecule has 1 aliphatic heterocycles. The van der Waals surface area contributed by atoms with Crippen molar-refractivity contribution in [2.24, 2.45) is 0 Å². The standard InChI is InChI=1S/C13H10IN3O2/c14-9-7-15-16(8-9)5-6-17-12(18)10-3-1-2-4-11(10)13(17)19/h1-4,7-8H,5-6H2. The van der Waals surface area contributed by atoms with Crippen molar-refractivity contribution in [2.45, 2.75) is 6.54 Å². The van der Waals surface area contributed by atoms with Crippen molar-refractivity contribution in [1.29, 1.82) is 0 Å². The van der Waals surface area contributed by atoms with Gasteiger partial charge in [-0.2, -0.15) is 5.10 Å². The van der Waals surface area contributed by atoms with Gasteiger partial charge in [0.25, 0.3) is 11.8 Å². The highest BCUT2D eigenvalue weighted by Crippen LogP contribution is 2.22. The van der Waals surface area contributed by atoms with E-state index in [-0.39, 0.29) is 11.8 Å². The van der Waals surface area contributed by atoms with Crippen LogP contribution < -0.4 is 0 Å². The van der Waals surface area contributed by atoms with Gasteiger partial charge in [0.15, 0.2) is 0 Å². The Morgan fingerprint density at radius 2 is 1.68 bits per heavy atom. The summed E-state index contributed by atoms with van der Waals surface area (Å²) in [4.78, 5) is 25.5. The summed E-state index contributed by atoms with van der Waals surface area (Å²) in [5, 5.41) is 4.14. The van der Waals surface area contributed by atoms with Crippen LogP contribution >= 0.6 is 22.6 Å². The van der Waals surface area contributed by atoms with E-state index >= 15 is 0 Å². The second-order valence-corrected chi connectivity index (χ2v) is 5.47. The van der Waals surface area contributed by atoms with Gasteiger partial charge in [0.2, 0.25) is 0 Å². The fraction of sp³-hybridized carbons (Fsp3) is 0.154. The molecule has 0 bridgehead atoms. The quantitative estimate of drug-likeness (QED) is 0.614. The van der Waals surface area contributed by atoms with Crippen LogP contribution in [0.1, 0.15) is 20.7 Å². The van der Waals surface area contributed by atoms with Gasteiger partial charge >= 0.3 is 0 Å². The van der Waals surface area contributed by atoms with Crippen LogP contribution in [0.15, 0.2) is 36.7 Å². The SMILES string of the molecule is O=C1c2ccccc2C(=O)N1CCn1cc(I)cn1. The third kappa shape index (κ3) is 2.16. The maximum atomic E-state index is 12.1. The Hall–Kier alpha value is -1.70. The summed E-state index contributed by atoms with van der Waals surface area (Å²) in [5.74, 6) is -0.440. The minimum Gasteiger partial charge on any atom is -0.272 e. The minimum absolute atomic E-state index is 0.220. The third-order valence-corrected chi connectivity index (χ3v) is 3.59. The van der Waals surface area contributed by atoms with E-state index in [0.29, 0.717) is 24.2 Å². The molecular weight excluding hydrogens is 357 g/mol. The van der Waals surface area contributed by atoms with Gasteiger partial charge in [-0.3, -0.25) is 19.2 Å². The molecule has 0 fully saturated rings. The average molecular weight is 367 g/mol. The summed E-state index contributed by atoms with van der Waals surface area (Å²) in [6, 6.07) is 6.91. The number of hydrogen-bond donors (Lipinski definition) is 0. The first-order valence-corrected chi connectivity index (χ1v) is 6.88. The normalized spacial score (nSPS) is 14.1. The van der Waals surface area contributed by atoms with Crippen molar-refractivity contribution in [1.82, 2.24) is 14.7 Å². The number of rotatable bonds is 3. The Labute approximate surface area is 123 Å². The predicted octanol–water partition coefficient (Wildman–Crippen LogP) is 1.78. The van der Waals surface area contributed by atoms with E-state index in [1.54, 1.807) is 35.1 Å². The summed E-state index contributed by atoms with van der Waals surface area (Å²) in [6.45, 7) is 0.846. The summed E-state index contributed by atoms with van der Waals surface area (Å²) in [6.07, 6.45) is 3.61. The first kappa shape index (κ1) is 12.3. The molecule has 0 unspecified atom stereocenters. The summed E-state index contributed by atoms with van der Waals surface area (Å²) < 4.78 is 2.76. The van der Waals surface area contributed by atoms with Crippen molar-refractivity contribution < 1.29 is 9.59 Å². The monoisotopic (exact) mass is 367 g/mol. The molecule has 0 saturated carbocycles. The number of imide groups is 1. The van der Waals surface area contributed by atoms with Crippen molar-refractivity contribution in [3.05, 3.63) is 51.4 Å². The molecule has 2 heterocycles. The van der Waals surface area contributed by atoms with Crippen LogP contribution in [-0.4, -0.2) is 33.0 Å². The van der Waals surface area contributed by atoms with Gasteiger partial charge in [-0.1, -0.05) is 12.1 Å². The van der Waals surface area contributed by atoms with Crippen molar-refractivity contribution in [2.75, 3.05) is 6.54 Å². The molecule has 1 aromatic heterocycles. The first-order valence-electron chi connectivity index (χ1n) is 5.80. The third-order valence-electron chi connectivity index (χ3n) is 3.03. The number of halogens is 1. The van der Waals surface area contributed by atoms with Crippen LogP contribution in [0.4, 0.5) is 0 Å². The van der Waals surface area contributed by atoms with E-state index in [2.05, 4.69) is 27.7 Å². The van der Waals surface area contributed by atoms with Gasteiger partial charge in [-0.05, 0) is 34.7 Å². The van der Waals surface area contributed by atoms with Gasteiger partial charge in [-0.15, -0.1) is 0 Å². The lowest BCUT2D eigenvalue weighted by atomic mass is 10.1. The van der Waals surface area contributed by atoms with Gasteiger partial charge in [-0.25, -0.2) is 0 Å². The van der Waals surface area contributed by atoms with E-state index in [9.17, 15) is 9.59 Å². The van der Waals surface area contributed by atoms with Crippen LogP contribution in [0.3, 0.4) is 0 Å². The molecule has 19 heavy (non-hydrogen) atoms. The van der Waals surface area contributed by atoms with Gasteiger partial charge < -0.3 is 0 Å². The highest BCUT2D eigenvalue weighted by Gasteiger charge is 2.34. The molecule has 3 rings (SSSR count). The number of carbonyl (C=O) groups excluding carboxylic acids is 2. The maximum Gasteiger partial charge on any atom is 0.261 e. The summed E-state index contributed by atoms with van der Waals surface area (Å²) in [7, 11) is 0. The highest BCUT2D eigenvalue weighted by atomic mass is 127. The zero-order valence-corrected chi connectivity index (χ0v) is 12.1. The Kier molecular flexibility index (Phi) is 3.09. The Morgan fingerprint density at radius 1 is 1.05 bits per heavy atom. The van der Waals surface area contributed by atoms with Crippen LogP contribution in [0.5, 0.6) is 0 Å². The molecule has 1 aromatic carbocycles. The fourth-order valence-corrected chi connectivity index (χ4v) is 2.55. The van der Waals surface area contributed by atoms with Gasteiger partial charge in [0, 0.05) is 12.7 Å². The zero-order valence-electron chi connectivity index (χ0n) is 9.91. The van der Waals surface area contributed by atoms with E-state index in [0.717, 1.165) is 3.57 Å². The zero-order chi connectivity index (χ0) is 13.4. The molecule has 5 nitrogen and oxygen atoms in total. The van der Waals surface area contributed by atoms with E-state index in [1.807, 2.05) is 6.20 Å². The summed E-state index contributed by atoms with van der Waals surface area (Å²) in [5.41, 5.74) is 0.977. The van der Waals surface area contributed by atoms with Crippen LogP contribution in [-0.2, 0) is 6.54 Å². The maximum absolute atomic E-state index is 12.1. The molecule has 0 saturated heterocycles. The second-order valence-electron chi connectivity index (χ2n) is 4.23. The number of benzene rings is 1. The highest BCUT2D eigenvalue weighted by molar-refractivity contribution is 14.1. The lowest BCUT2D eigenvalue weighted by Crippen LogP contribution is -2.33. The smallest absolute Gasteiger partial charge is 0.261 e. The Balaban J connectivity index is 1.77. The van der Waals surface area contributed by atoms with Crippen molar-refractivity contribution in [3.63, 3.8) is 0 Å². The molecule has 2 aromatic rings. The number of aromatic nitrogens is 2. The second kappa shape index (κ2) is 4.76. The molecule has 0 aliphatic carbocycles. The molecular formula is C13H10IN3O2. The minimum atomic E-state index is -0.220. The first-order chi connectivity index (χ1) is 9.16.